The number of nitrogens with one attached hydrogen (secondary N) is 1. The quantitative estimate of drug-likeness (QED) is 0.369. The highest BCUT2D eigenvalue weighted by Gasteiger charge is 2.17. The molecule has 4 aromatic rings. The molecule has 164 valence electrons. The van der Waals surface area contributed by atoms with Crippen LogP contribution in [0.15, 0.2) is 78.0 Å². The second-order valence-electron chi connectivity index (χ2n) is 6.87. The molecule has 0 bridgehead atoms. The van der Waals surface area contributed by atoms with Crippen molar-refractivity contribution < 1.29 is 9.53 Å². The largest absolute Gasteiger partial charge is 0.497 e. The zero-order chi connectivity index (χ0) is 23.2. The van der Waals surface area contributed by atoms with Crippen LogP contribution in [0.1, 0.15) is 5.56 Å². The topological polar surface area (TPSA) is 92.8 Å². The average molecular weight is 476 g/mol. The maximum Gasteiger partial charge on any atom is 0.234 e. The van der Waals surface area contributed by atoms with Gasteiger partial charge in [0.25, 0.3) is 0 Å². The summed E-state index contributed by atoms with van der Waals surface area (Å²) in [6, 6.07) is 23.6. The number of hydrogen-bond donors (Lipinski definition) is 1. The van der Waals surface area contributed by atoms with Crippen LogP contribution in [0.25, 0.3) is 17.1 Å². The van der Waals surface area contributed by atoms with Crippen molar-refractivity contribution in [1.82, 2.24) is 14.8 Å². The number of nitrogens with zero attached hydrogens (tertiary/aromatic N) is 4. The van der Waals surface area contributed by atoms with Crippen molar-refractivity contribution in [2.24, 2.45) is 0 Å². The van der Waals surface area contributed by atoms with E-state index < -0.39 is 0 Å². The molecule has 0 spiro atoms. The predicted molar refractivity (Wildman–Crippen MR) is 129 cm³/mol. The predicted octanol–water partition coefficient (Wildman–Crippen LogP) is 5.20. The number of thioether (sulfide) groups is 1. The van der Waals surface area contributed by atoms with Crippen molar-refractivity contribution in [1.29, 1.82) is 5.26 Å². The van der Waals surface area contributed by atoms with Crippen LogP contribution in [-0.2, 0) is 4.79 Å². The first-order valence-electron chi connectivity index (χ1n) is 9.86. The van der Waals surface area contributed by atoms with E-state index in [1.54, 1.807) is 43.5 Å². The van der Waals surface area contributed by atoms with E-state index >= 15 is 0 Å². The Morgan fingerprint density at radius 3 is 2.39 bits per heavy atom. The molecule has 0 atom stereocenters. The van der Waals surface area contributed by atoms with Gasteiger partial charge < -0.3 is 10.1 Å². The fourth-order valence-electron chi connectivity index (χ4n) is 3.07. The Balaban J connectivity index is 1.57. The number of carbonyl (C=O) groups excluding carboxylic acids is 1. The van der Waals surface area contributed by atoms with Gasteiger partial charge in [-0.3, -0.25) is 9.36 Å². The van der Waals surface area contributed by atoms with Crippen LogP contribution < -0.4 is 10.1 Å². The Morgan fingerprint density at radius 2 is 1.76 bits per heavy atom. The number of aromatic nitrogens is 3. The summed E-state index contributed by atoms with van der Waals surface area (Å²) in [6.07, 6.45) is 0. The number of benzene rings is 3. The minimum absolute atomic E-state index is 0.133. The van der Waals surface area contributed by atoms with Gasteiger partial charge in [-0.2, -0.15) is 5.26 Å². The van der Waals surface area contributed by atoms with Crippen molar-refractivity contribution in [3.05, 3.63) is 83.4 Å². The Morgan fingerprint density at radius 1 is 1.06 bits per heavy atom. The SMILES string of the molecule is COc1ccc(-c2nnc(SCC(=O)Nc3ccc(C#N)cc3)n2-c2ccc(Cl)cc2)cc1. The molecule has 0 fully saturated rings. The van der Waals surface area contributed by atoms with Crippen LogP contribution in [0.4, 0.5) is 5.69 Å². The number of amides is 1. The third kappa shape index (κ3) is 5.34. The standard InChI is InChI=1S/C24H18ClN5O2S/c1-32-21-12-4-17(5-13-21)23-28-29-24(30(23)20-10-6-18(25)7-11-20)33-15-22(31)27-19-8-2-16(14-26)3-9-19/h2-13H,15H2,1H3,(H,27,31). The summed E-state index contributed by atoms with van der Waals surface area (Å²) in [4.78, 5) is 12.5. The van der Waals surface area contributed by atoms with E-state index in [1.165, 1.54) is 11.8 Å². The van der Waals surface area contributed by atoms with Gasteiger partial charge in [-0.05, 0) is 72.8 Å². The van der Waals surface area contributed by atoms with Crippen LogP contribution in [-0.4, -0.2) is 33.5 Å². The first kappa shape index (κ1) is 22.4. The van der Waals surface area contributed by atoms with Crippen molar-refractivity contribution in [3.63, 3.8) is 0 Å². The molecule has 0 saturated heterocycles. The second kappa shape index (κ2) is 10.2. The second-order valence-corrected chi connectivity index (χ2v) is 8.25. The van der Waals surface area contributed by atoms with Gasteiger partial charge in [0.05, 0.1) is 24.5 Å². The number of ether oxygens (including phenoxy) is 1. The van der Waals surface area contributed by atoms with E-state index in [1.807, 2.05) is 41.0 Å². The van der Waals surface area contributed by atoms with E-state index in [0.29, 0.717) is 27.3 Å². The fraction of sp³-hybridized carbons (Fsp3) is 0.0833. The maximum atomic E-state index is 12.5. The minimum atomic E-state index is -0.193. The van der Waals surface area contributed by atoms with E-state index in [9.17, 15) is 4.79 Å². The van der Waals surface area contributed by atoms with Gasteiger partial charge in [0, 0.05) is 22.0 Å². The Bertz CT molecular complexity index is 1300. The van der Waals surface area contributed by atoms with Crippen LogP contribution >= 0.6 is 23.4 Å². The normalized spacial score (nSPS) is 10.5. The lowest BCUT2D eigenvalue weighted by Gasteiger charge is -2.11. The molecule has 3 aromatic carbocycles. The smallest absolute Gasteiger partial charge is 0.234 e. The molecular weight excluding hydrogens is 458 g/mol. The molecule has 1 aromatic heterocycles. The molecule has 7 nitrogen and oxygen atoms in total. The molecule has 0 aliphatic rings. The Labute approximate surface area is 200 Å². The lowest BCUT2D eigenvalue weighted by atomic mass is 10.2. The van der Waals surface area contributed by atoms with Crippen molar-refractivity contribution in [2.45, 2.75) is 5.16 Å². The summed E-state index contributed by atoms with van der Waals surface area (Å²) in [6.45, 7) is 0. The highest BCUT2D eigenvalue weighted by Crippen LogP contribution is 2.29. The fourth-order valence-corrected chi connectivity index (χ4v) is 3.95. The van der Waals surface area contributed by atoms with Gasteiger partial charge in [-0.25, -0.2) is 0 Å². The molecule has 0 radical (unpaired) electrons. The lowest BCUT2D eigenvalue weighted by Crippen LogP contribution is -2.14. The van der Waals surface area contributed by atoms with Gasteiger partial charge in [0.1, 0.15) is 5.75 Å². The number of halogens is 1. The molecule has 0 saturated carbocycles. The number of nitriles is 1. The van der Waals surface area contributed by atoms with Crippen LogP contribution in [0.5, 0.6) is 5.75 Å². The van der Waals surface area contributed by atoms with Gasteiger partial charge in [-0.15, -0.1) is 10.2 Å². The van der Waals surface area contributed by atoms with Crippen molar-refractivity contribution >= 4 is 35.0 Å². The highest BCUT2D eigenvalue weighted by molar-refractivity contribution is 7.99. The summed E-state index contributed by atoms with van der Waals surface area (Å²) < 4.78 is 7.13. The van der Waals surface area contributed by atoms with E-state index in [4.69, 9.17) is 21.6 Å². The number of anilines is 1. The minimum Gasteiger partial charge on any atom is -0.497 e. The van der Waals surface area contributed by atoms with Crippen molar-refractivity contribution in [2.75, 3.05) is 18.2 Å². The summed E-state index contributed by atoms with van der Waals surface area (Å²) >= 11 is 7.34. The maximum absolute atomic E-state index is 12.5. The van der Waals surface area contributed by atoms with Gasteiger partial charge in [-0.1, -0.05) is 23.4 Å². The van der Waals surface area contributed by atoms with Crippen LogP contribution in [0.2, 0.25) is 5.02 Å². The molecular formula is C24H18ClN5O2S. The van der Waals surface area contributed by atoms with E-state index in [0.717, 1.165) is 17.0 Å². The number of methoxy groups -OCH3 is 1. The summed E-state index contributed by atoms with van der Waals surface area (Å²) in [7, 11) is 1.61. The first-order chi connectivity index (χ1) is 16.1. The van der Waals surface area contributed by atoms with Gasteiger partial charge in [0.2, 0.25) is 5.91 Å². The molecule has 0 unspecified atom stereocenters. The average Bonchev–Trinajstić information content (AvgIpc) is 3.27. The van der Waals surface area contributed by atoms with Crippen LogP contribution in [0.3, 0.4) is 0 Å². The number of rotatable bonds is 7. The van der Waals surface area contributed by atoms with Gasteiger partial charge in [0.15, 0.2) is 11.0 Å². The highest BCUT2D eigenvalue weighted by atomic mass is 35.5. The van der Waals surface area contributed by atoms with E-state index in [-0.39, 0.29) is 11.7 Å². The lowest BCUT2D eigenvalue weighted by molar-refractivity contribution is -0.113. The Kier molecular flexibility index (Phi) is 6.93. The third-order valence-corrected chi connectivity index (χ3v) is 5.88. The molecule has 1 amide bonds. The Hall–Kier alpha value is -3.80. The number of carbonyl (C=O) groups is 1. The summed E-state index contributed by atoms with van der Waals surface area (Å²) in [5.41, 5.74) is 2.83. The van der Waals surface area contributed by atoms with Crippen molar-refractivity contribution in [3.8, 4) is 28.9 Å². The summed E-state index contributed by atoms with van der Waals surface area (Å²) in [5.74, 6) is 1.32. The third-order valence-electron chi connectivity index (χ3n) is 4.70. The van der Waals surface area contributed by atoms with Gasteiger partial charge >= 0.3 is 0 Å². The zero-order valence-corrected chi connectivity index (χ0v) is 19.1. The first-order valence-corrected chi connectivity index (χ1v) is 11.2. The zero-order valence-electron chi connectivity index (χ0n) is 17.5. The summed E-state index contributed by atoms with van der Waals surface area (Å²) in [5, 5.41) is 21.6. The molecule has 9 heteroatoms. The van der Waals surface area contributed by atoms with Crippen LogP contribution in [0, 0.1) is 11.3 Å². The number of hydrogen-bond acceptors (Lipinski definition) is 6. The van der Waals surface area contributed by atoms with E-state index in [2.05, 4.69) is 21.6 Å². The molecule has 0 aliphatic carbocycles. The molecule has 4 rings (SSSR count). The molecule has 0 aliphatic heterocycles. The molecule has 1 heterocycles. The monoisotopic (exact) mass is 475 g/mol. The molecule has 1 N–H and O–H groups in total. The molecule has 33 heavy (non-hydrogen) atoms.